The van der Waals surface area contributed by atoms with Crippen LogP contribution in [0, 0.1) is 0 Å². The Hall–Kier alpha value is -1.69. The molecular weight excluding hydrogens is 306 g/mol. The Kier molecular flexibility index (Phi) is 5.10. The molecule has 3 aromatic rings. The standard InChI is InChI=1S/C18H23N3OS/c1-14(2)21-17-8-4-3-7-16(17)19-18(21)13-20(9-10-22)12-15-6-5-11-23-15/h3-8,11,14,22H,9-10,12-13H2,1-2H3. The van der Waals surface area contributed by atoms with Gasteiger partial charge in [-0.3, -0.25) is 4.90 Å². The largest absolute Gasteiger partial charge is 0.395 e. The topological polar surface area (TPSA) is 41.3 Å². The number of benzene rings is 1. The van der Waals surface area contributed by atoms with Crippen LogP contribution < -0.4 is 0 Å². The lowest BCUT2D eigenvalue weighted by molar-refractivity contribution is 0.180. The summed E-state index contributed by atoms with van der Waals surface area (Å²) in [4.78, 5) is 8.39. The fourth-order valence-electron chi connectivity index (χ4n) is 2.96. The maximum absolute atomic E-state index is 9.40. The highest BCUT2D eigenvalue weighted by atomic mass is 32.1. The Bertz CT molecular complexity index is 749. The summed E-state index contributed by atoms with van der Waals surface area (Å²) >= 11 is 1.75. The summed E-state index contributed by atoms with van der Waals surface area (Å²) in [5.74, 6) is 1.06. The minimum Gasteiger partial charge on any atom is -0.395 e. The van der Waals surface area contributed by atoms with Crippen molar-refractivity contribution in [1.29, 1.82) is 0 Å². The second-order valence-electron chi connectivity index (χ2n) is 5.99. The number of thiophene rings is 1. The number of fused-ring (bicyclic) bond motifs is 1. The molecule has 0 saturated carbocycles. The second-order valence-corrected chi connectivity index (χ2v) is 7.03. The van der Waals surface area contributed by atoms with Gasteiger partial charge in [0.15, 0.2) is 0 Å². The first kappa shape index (κ1) is 16.2. The summed E-state index contributed by atoms with van der Waals surface area (Å²) in [5.41, 5.74) is 2.22. The molecular formula is C18H23N3OS. The van der Waals surface area contributed by atoms with Gasteiger partial charge in [0.1, 0.15) is 5.82 Å². The van der Waals surface area contributed by atoms with Crippen LogP contribution in [0.3, 0.4) is 0 Å². The molecule has 0 radical (unpaired) electrons. The minimum absolute atomic E-state index is 0.160. The zero-order chi connectivity index (χ0) is 16.2. The van der Waals surface area contributed by atoms with Crippen LogP contribution in [0.15, 0.2) is 41.8 Å². The molecule has 5 heteroatoms. The summed E-state index contributed by atoms with van der Waals surface area (Å²) in [6.45, 7) is 6.78. The highest BCUT2D eigenvalue weighted by Gasteiger charge is 2.16. The van der Waals surface area contributed by atoms with E-state index in [1.54, 1.807) is 11.3 Å². The lowest BCUT2D eigenvalue weighted by Gasteiger charge is -2.22. The van der Waals surface area contributed by atoms with Crippen molar-refractivity contribution >= 4 is 22.4 Å². The number of rotatable bonds is 7. The Morgan fingerprint density at radius 3 is 2.70 bits per heavy atom. The first-order chi connectivity index (χ1) is 11.2. The van der Waals surface area contributed by atoms with Gasteiger partial charge in [-0.1, -0.05) is 18.2 Å². The summed E-state index contributed by atoms with van der Waals surface area (Å²) in [7, 11) is 0. The van der Waals surface area contributed by atoms with Gasteiger partial charge in [-0.05, 0) is 37.4 Å². The molecule has 0 fully saturated rings. The van der Waals surface area contributed by atoms with Gasteiger partial charge in [-0.25, -0.2) is 4.98 Å². The van der Waals surface area contributed by atoms with E-state index in [4.69, 9.17) is 4.98 Å². The van der Waals surface area contributed by atoms with Crippen LogP contribution in [0.25, 0.3) is 11.0 Å². The third kappa shape index (κ3) is 3.63. The van der Waals surface area contributed by atoms with E-state index >= 15 is 0 Å². The van der Waals surface area contributed by atoms with Crippen LogP contribution in [-0.2, 0) is 13.1 Å². The summed E-state index contributed by atoms with van der Waals surface area (Å²) in [6, 6.07) is 12.8. The Balaban J connectivity index is 1.90. The van der Waals surface area contributed by atoms with E-state index in [1.807, 2.05) is 6.07 Å². The second kappa shape index (κ2) is 7.25. The third-order valence-electron chi connectivity index (χ3n) is 3.93. The molecule has 0 aliphatic heterocycles. The van der Waals surface area contributed by atoms with E-state index in [0.29, 0.717) is 12.6 Å². The molecule has 0 atom stereocenters. The first-order valence-corrected chi connectivity index (χ1v) is 8.88. The highest BCUT2D eigenvalue weighted by molar-refractivity contribution is 7.09. The molecule has 2 heterocycles. The number of aromatic nitrogens is 2. The zero-order valence-electron chi connectivity index (χ0n) is 13.6. The van der Waals surface area contributed by atoms with Crippen molar-refractivity contribution in [3.63, 3.8) is 0 Å². The molecule has 122 valence electrons. The van der Waals surface area contributed by atoms with E-state index in [1.165, 1.54) is 10.4 Å². The number of hydrogen-bond acceptors (Lipinski definition) is 4. The van der Waals surface area contributed by atoms with Crippen molar-refractivity contribution in [2.75, 3.05) is 13.2 Å². The van der Waals surface area contributed by atoms with Crippen LogP contribution in [0.1, 0.15) is 30.6 Å². The van der Waals surface area contributed by atoms with Gasteiger partial charge in [-0.15, -0.1) is 11.3 Å². The molecule has 0 bridgehead atoms. The normalized spacial score (nSPS) is 11.9. The molecule has 3 rings (SSSR count). The zero-order valence-corrected chi connectivity index (χ0v) is 14.5. The van der Waals surface area contributed by atoms with Crippen LogP contribution in [0.2, 0.25) is 0 Å². The van der Waals surface area contributed by atoms with Gasteiger partial charge in [0.05, 0.1) is 24.2 Å². The minimum atomic E-state index is 0.160. The number of para-hydroxylation sites is 2. The van der Waals surface area contributed by atoms with Gasteiger partial charge in [-0.2, -0.15) is 0 Å². The van der Waals surface area contributed by atoms with Gasteiger partial charge in [0.2, 0.25) is 0 Å². The van der Waals surface area contributed by atoms with Crippen molar-refractivity contribution in [2.45, 2.75) is 33.0 Å². The molecule has 1 aromatic carbocycles. The predicted octanol–water partition coefficient (Wildman–Crippen LogP) is 3.67. The molecule has 0 aliphatic rings. The van der Waals surface area contributed by atoms with Crippen LogP contribution in [0.4, 0.5) is 0 Å². The molecule has 0 spiro atoms. The van der Waals surface area contributed by atoms with Crippen molar-refractivity contribution < 1.29 is 5.11 Å². The number of nitrogens with zero attached hydrogens (tertiary/aromatic N) is 3. The molecule has 0 unspecified atom stereocenters. The van der Waals surface area contributed by atoms with Crippen molar-refractivity contribution in [3.05, 3.63) is 52.5 Å². The van der Waals surface area contributed by atoms with Crippen molar-refractivity contribution in [3.8, 4) is 0 Å². The SMILES string of the molecule is CC(C)n1c(CN(CCO)Cc2cccs2)nc2ccccc21. The van der Waals surface area contributed by atoms with Gasteiger partial charge >= 0.3 is 0 Å². The van der Waals surface area contributed by atoms with E-state index < -0.39 is 0 Å². The number of aliphatic hydroxyl groups is 1. The molecule has 0 amide bonds. The fraction of sp³-hybridized carbons (Fsp3) is 0.389. The maximum atomic E-state index is 9.40. The van der Waals surface area contributed by atoms with E-state index in [9.17, 15) is 5.11 Å². The van der Waals surface area contributed by atoms with Crippen LogP contribution in [-0.4, -0.2) is 32.7 Å². The average Bonchev–Trinajstić information content (AvgIpc) is 3.14. The number of aliphatic hydroxyl groups excluding tert-OH is 1. The third-order valence-corrected chi connectivity index (χ3v) is 4.79. The molecule has 1 N–H and O–H groups in total. The lowest BCUT2D eigenvalue weighted by Crippen LogP contribution is -2.27. The number of imidazole rings is 1. The first-order valence-electron chi connectivity index (χ1n) is 8.00. The van der Waals surface area contributed by atoms with E-state index in [-0.39, 0.29) is 6.61 Å². The maximum Gasteiger partial charge on any atom is 0.124 e. The summed E-state index contributed by atoms with van der Waals surface area (Å²) in [6.07, 6.45) is 0. The molecule has 2 aromatic heterocycles. The van der Waals surface area contributed by atoms with Gasteiger partial charge < -0.3 is 9.67 Å². The quantitative estimate of drug-likeness (QED) is 0.719. The monoisotopic (exact) mass is 329 g/mol. The Morgan fingerprint density at radius 2 is 2.00 bits per heavy atom. The van der Waals surface area contributed by atoms with E-state index in [2.05, 4.69) is 59.0 Å². The molecule has 4 nitrogen and oxygen atoms in total. The van der Waals surface area contributed by atoms with Crippen molar-refractivity contribution in [1.82, 2.24) is 14.5 Å². The van der Waals surface area contributed by atoms with Crippen molar-refractivity contribution in [2.24, 2.45) is 0 Å². The average molecular weight is 329 g/mol. The lowest BCUT2D eigenvalue weighted by atomic mass is 10.3. The molecule has 0 saturated heterocycles. The molecule has 23 heavy (non-hydrogen) atoms. The Labute approximate surface area is 141 Å². The van der Waals surface area contributed by atoms with Gasteiger partial charge in [0, 0.05) is 24.0 Å². The summed E-state index contributed by atoms with van der Waals surface area (Å²) < 4.78 is 2.30. The van der Waals surface area contributed by atoms with Crippen LogP contribution >= 0.6 is 11.3 Å². The van der Waals surface area contributed by atoms with E-state index in [0.717, 1.165) is 24.4 Å². The smallest absolute Gasteiger partial charge is 0.124 e. The number of hydrogen-bond donors (Lipinski definition) is 1. The highest BCUT2D eigenvalue weighted by Crippen LogP contribution is 2.22. The summed E-state index contributed by atoms with van der Waals surface area (Å²) in [5, 5.41) is 11.5. The van der Waals surface area contributed by atoms with Crippen LogP contribution in [0.5, 0.6) is 0 Å². The predicted molar refractivity (Wildman–Crippen MR) is 95.6 cm³/mol. The molecule has 0 aliphatic carbocycles. The Morgan fingerprint density at radius 1 is 1.17 bits per heavy atom. The van der Waals surface area contributed by atoms with Gasteiger partial charge in [0.25, 0.3) is 0 Å². The fourth-order valence-corrected chi connectivity index (χ4v) is 3.71.